The summed E-state index contributed by atoms with van der Waals surface area (Å²) in [4.78, 5) is 23.5. The Morgan fingerprint density at radius 1 is 1.34 bits per heavy atom. The van der Waals surface area contributed by atoms with Crippen molar-refractivity contribution in [1.82, 2.24) is 20.2 Å². The van der Waals surface area contributed by atoms with Gasteiger partial charge in [0.2, 0.25) is 0 Å². The average Bonchev–Trinajstić information content (AvgIpc) is 3.35. The Kier molecular flexibility index (Phi) is 6.39. The number of amides is 1. The molecule has 0 aliphatic carbocycles. The van der Waals surface area contributed by atoms with Gasteiger partial charge in [-0.3, -0.25) is 4.79 Å². The summed E-state index contributed by atoms with van der Waals surface area (Å²) in [6.45, 7) is 4.26. The minimum absolute atomic E-state index is 0.100. The van der Waals surface area contributed by atoms with Gasteiger partial charge in [0.1, 0.15) is 30.2 Å². The van der Waals surface area contributed by atoms with Gasteiger partial charge < -0.3 is 20.4 Å². The van der Waals surface area contributed by atoms with E-state index in [-0.39, 0.29) is 49.5 Å². The third-order valence-electron chi connectivity index (χ3n) is 5.77. The van der Waals surface area contributed by atoms with Gasteiger partial charge in [0.15, 0.2) is 0 Å². The highest BCUT2D eigenvalue weighted by Crippen LogP contribution is 2.29. The molecule has 0 spiro atoms. The summed E-state index contributed by atoms with van der Waals surface area (Å²) in [5, 5.41) is 11.9. The average molecular weight is 464 g/mol. The zero-order valence-electron chi connectivity index (χ0n) is 17.8. The third kappa shape index (κ3) is 4.59. The smallest absolute Gasteiger partial charge is 0.257 e. The number of hydrogen-bond donors (Lipinski definition) is 2. The standard InChI is InChI=1S/C22H24ClF2N5O2/c1-11-20(23)12(2)29-21(28-11)17-8-30(9-18(17)26)22(31)16-4-3-13(24)6-19(16)32-10-15-5-14(25)7-27-15/h3-4,6,14-15,17,26-27H,5,7-10H2,1-2H3. The first kappa shape index (κ1) is 22.5. The van der Waals surface area contributed by atoms with Crippen molar-refractivity contribution in [3.8, 4) is 5.75 Å². The summed E-state index contributed by atoms with van der Waals surface area (Å²) in [5.74, 6) is -0.802. The minimum atomic E-state index is -0.938. The summed E-state index contributed by atoms with van der Waals surface area (Å²) in [6, 6.07) is 3.52. The largest absolute Gasteiger partial charge is 0.491 e. The maximum atomic E-state index is 13.9. The Hall–Kier alpha value is -2.65. The molecule has 1 aromatic heterocycles. The fraction of sp³-hybridized carbons (Fsp3) is 0.455. The SMILES string of the molecule is Cc1nc(C2CN(C(=O)c3ccc(F)cc3OCC3CC(F)CN3)CC2=N)nc(C)c1Cl. The number of aromatic nitrogens is 2. The number of halogens is 3. The van der Waals surface area contributed by atoms with Crippen molar-refractivity contribution in [3.63, 3.8) is 0 Å². The highest BCUT2D eigenvalue weighted by Gasteiger charge is 2.35. The van der Waals surface area contributed by atoms with Crippen molar-refractivity contribution >= 4 is 23.2 Å². The molecule has 3 heterocycles. The summed E-state index contributed by atoms with van der Waals surface area (Å²) in [5.41, 5.74) is 1.75. The number of benzene rings is 1. The lowest BCUT2D eigenvalue weighted by atomic mass is 10.1. The molecule has 2 N–H and O–H groups in total. The van der Waals surface area contributed by atoms with Crippen LogP contribution >= 0.6 is 11.6 Å². The number of ether oxygens (including phenoxy) is 1. The lowest BCUT2D eigenvalue weighted by molar-refractivity contribution is 0.0789. The fourth-order valence-electron chi connectivity index (χ4n) is 4.04. The predicted molar refractivity (Wildman–Crippen MR) is 116 cm³/mol. The molecule has 10 heteroatoms. The number of rotatable bonds is 5. The van der Waals surface area contributed by atoms with E-state index in [0.29, 0.717) is 34.4 Å². The number of carbonyl (C=O) groups excluding carboxylic acids is 1. The molecule has 2 aliphatic heterocycles. The third-order valence-corrected chi connectivity index (χ3v) is 6.31. The van der Waals surface area contributed by atoms with E-state index in [1.54, 1.807) is 13.8 Å². The van der Waals surface area contributed by atoms with Crippen molar-refractivity contribution in [3.05, 3.63) is 51.8 Å². The van der Waals surface area contributed by atoms with Gasteiger partial charge in [-0.25, -0.2) is 18.7 Å². The number of aryl methyl sites for hydroxylation is 2. The first-order chi connectivity index (χ1) is 15.2. The van der Waals surface area contributed by atoms with Crippen LogP contribution in [0.15, 0.2) is 18.2 Å². The van der Waals surface area contributed by atoms with Crippen LogP contribution < -0.4 is 10.1 Å². The lowest BCUT2D eigenvalue weighted by Crippen LogP contribution is -2.31. The number of carbonyl (C=O) groups is 1. The first-order valence-corrected chi connectivity index (χ1v) is 10.8. The summed E-state index contributed by atoms with van der Waals surface area (Å²) in [6.07, 6.45) is -0.629. The molecule has 170 valence electrons. The van der Waals surface area contributed by atoms with Crippen LogP contribution in [0.5, 0.6) is 5.75 Å². The highest BCUT2D eigenvalue weighted by molar-refractivity contribution is 6.31. The van der Waals surface area contributed by atoms with E-state index < -0.39 is 17.9 Å². The van der Waals surface area contributed by atoms with Crippen molar-refractivity contribution in [1.29, 1.82) is 5.41 Å². The fourth-order valence-corrected chi connectivity index (χ4v) is 4.12. The van der Waals surface area contributed by atoms with E-state index in [1.165, 1.54) is 17.0 Å². The quantitative estimate of drug-likeness (QED) is 0.710. The molecule has 0 saturated carbocycles. The Balaban J connectivity index is 1.51. The van der Waals surface area contributed by atoms with Crippen molar-refractivity contribution in [2.75, 3.05) is 26.2 Å². The summed E-state index contributed by atoms with van der Waals surface area (Å²) < 4.78 is 33.0. The maximum absolute atomic E-state index is 13.9. The van der Waals surface area contributed by atoms with E-state index in [4.69, 9.17) is 21.7 Å². The molecule has 4 rings (SSSR count). The van der Waals surface area contributed by atoms with Gasteiger partial charge in [0.05, 0.1) is 34.4 Å². The second kappa shape index (κ2) is 9.07. The Morgan fingerprint density at radius 2 is 2.06 bits per heavy atom. The number of hydrogen-bond acceptors (Lipinski definition) is 6. The zero-order chi connectivity index (χ0) is 23.0. The zero-order valence-corrected chi connectivity index (χ0v) is 18.5. The first-order valence-electron chi connectivity index (χ1n) is 10.4. The van der Waals surface area contributed by atoms with E-state index >= 15 is 0 Å². The van der Waals surface area contributed by atoms with Gasteiger partial charge in [0, 0.05) is 30.9 Å². The molecule has 1 aromatic carbocycles. The topological polar surface area (TPSA) is 91.2 Å². The highest BCUT2D eigenvalue weighted by atomic mass is 35.5. The van der Waals surface area contributed by atoms with Gasteiger partial charge in [-0.2, -0.15) is 0 Å². The monoisotopic (exact) mass is 463 g/mol. The van der Waals surface area contributed by atoms with Crippen LogP contribution in [0.3, 0.4) is 0 Å². The normalized spacial score (nSPS) is 23.1. The van der Waals surface area contributed by atoms with Crippen molar-refractivity contribution in [2.24, 2.45) is 0 Å². The van der Waals surface area contributed by atoms with E-state index in [2.05, 4.69) is 15.3 Å². The molecule has 3 atom stereocenters. The molecule has 32 heavy (non-hydrogen) atoms. The molecular formula is C22H24ClF2N5O2. The van der Waals surface area contributed by atoms with Gasteiger partial charge >= 0.3 is 0 Å². The number of nitrogens with one attached hydrogen (secondary N) is 2. The molecule has 2 fully saturated rings. The van der Waals surface area contributed by atoms with Crippen LogP contribution in [0.4, 0.5) is 8.78 Å². The number of alkyl halides is 1. The second-order valence-corrected chi connectivity index (χ2v) is 8.60. The molecule has 0 bridgehead atoms. The maximum Gasteiger partial charge on any atom is 0.257 e. The van der Waals surface area contributed by atoms with E-state index in [1.807, 2.05) is 0 Å². The molecule has 0 radical (unpaired) electrons. The Bertz CT molecular complexity index is 1040. The molecular weight excluding hydrogens is 440 g/mol. The van der Waals surface area contributed by atoms with Gasteiger partial charge in [-0.05, 0) is 32.4 Å². The van der Waals surface area contributed by atoms with E-state index in [0.717, 1.165) is 6.07 Å². The summed E-state index contributed by atoms with van der Waals surface area (Å²) >= 11 is 6.15. The van der Waals surface area contributed by atoms with Gasteiger partial charge in [-0.1, -0.05) is 11.6 Å². The molecule has 3 unspecified atom stereocenters. The van der Waals surface area contributed by atoms with Crippen molar-refractivity contribution in [2.45, 2.75) is 38.4 Å². The molecule has 7 nitrogen and oxygen atoms in total. The summed E-state index contributed by atoms with van der Waals surface area (Å²) in [7, 11) is 0. The lowest BCUT2D eigenvalue weighted by Gasteiger charge is -2.19. The number of nitrogens with zero attached hydrogens (tertiary/aromatic N) is 3. The van der Waals surface area contributed by atoms with Gasteiger partial charge in [0.25, 0.3) is 5.91 Å². The van der Waals surface area contributed by atoms with Crippen LogP contribution in [-0.2, 0) is 0 Å². The molecule has 2 aliphatic rings. The molecule has 2 saturated heterocycles. The second-order valence-electron chi connectivity index (χ2n) is 8.22. The predicted octanol–water partition coefficient (Wildman–Crippen LogP) is 3.22. The van der Waals surface area contributed by atoms with Crippen LogP contribution in [0, 0.1) is 25.1 Å². The Labute approximate surface area is 189 Å². The Morgan fingerprint density at radius 3 is 2.72 bits per heavy atom. The van der Waals surface area contributed by atoms with Crippen LogP contribution in [-0.4, -0.2) is 64.9 Å². The minimum Gasteiger partial charge on any atom is -0.491 e. The van der Waals surface area contributed by atoms with Crippen molar-refractivity contribution < 1.29 is 18.3 Å². The van der Waals surface area contributed by atoms with Gasteiger partial charge in [-0.15, -0.1) is 0 Å². The molecule has 2 aromatic rings. The van der Waals surface area contributed by atoms with Crippen LogP contribution in [0.2, 0.25) is 5.02 Å². The molecule has 1 amide bonds. The number of likely N-dealkylation sites (tertiary alicyclic amines) is 1. The van der Waals surface area contributed by atoms with E-state index in [9.17, 15) is 13.6 Å². The van der Waals surface area contributed by atoms with Crippen LogP contribution in [0.1, 0.15) is 39.9 Å². The van der Waals surface area contributed by atoms with Crippen LogP contribution in [0.25, 0.3) is 0 Å².